The van der Waals surface area contributed by atoms with Gasteiger partial charge >= 0.3 is 0 Å². The summed E-state index contributed by atoms with van der Waals surface area (Å²) in [4.78, 5) is 9.73. The van der Waals surface area contributed by atoms with E-state index >= 15 is 0 Å². The molecule has 0 aliphatic heterocycles. The lowest BCUT2D eigenvalue weighted by atomic mass is 10.2. The molecule has 17 heavy (non-hydrogen) atoms. The summed E-state index contributed by atoms with van der Waals surface area (Å²) in [5, 5.41) is 23.6. The molecule has 0 bridgehead atoms. The van der Waals surface area contributed by atoms with Crippen LogP contribution in [0.25, 0.3) is 11.4 Å². The highest BCUT2D eigenvalue weighted by molar-refractivity contribution is 7.79. The van der Waals surface area contributed by atoms with Gasteiger partial charge in [-0.05, 0) is 17.3 Å². The highest BCUT2D eigenvalue weighted by atomic mass is 32.2. The number of nitro groups is 1. The average molecular weight is 255 g/mol. The normalized spacial score (nSPS) is 12.3. The fraction of sp³-hybridized carbons (Fsp3) is 0. The summed E-state index contributed by atoms with van der Waals surface area (Å²) in [6.45, 7) is 0. The molecule has 0 amide bonds. The molecule has 0 radical (unpaired) electrons. The number of benzene rings is 1. The summed E-state index contributed by atoms with van der Waals surface area (Å²) in [5.41, 5.74) is -0.132. The van der Waals surface area contributed by atoms with E-state index in [0.717, 1.165) is 6.07 Å². The summed E-state index contributed by atoms with van der Waals surface area (Å²) in [6, 6.07) is 3.70. The van der Waals surface area contributed by atoms with Crippen LogP contribution in [-0.2, 0) is 11.1 Å². The molecule has 9 nitrogen and oxygen atoms in total. The van der Waals surface area contributed by atoms with Gasteiger partial charge in [0.2, 0.25) is 5.82 Å². The van der Waals surface area contributed by atoms with Crippen molar-refractivity contribution in [2.75, 3.05) is 0 Å². The van der Waals surface area contributed by atoms with Crippen LogP contribution >= 0.6 is 0 Å². The molecule has 0 aliphatic carbocycles. The second-order valence-electron chi connectivity index (χ2n) is 2.92. The Morgan fingerprint density at radius 3 is 2.76 bits per heavy atom. The first-order valence-electron chi connectivity index (χ1n) is 4.22. The smallest absolute Gasteiger partial charge is 0.288 e. The number of tetrazole rings is 1. The van der Waals surface area contributed by atoms with Gasteiger partial charge in [0.05, 0.1) is 4.92 Å². The highest BCUT2D eigenvalue weighted by Gasteiger charge is 2.20. The molecule has 1 heterocycles. The predicted molar refractivity (Wildman–Crippen MR) is 55.3 cm³/mol. The Morgan fingerprint density at radius 1 is 1.47 bits per heavy atom. The third-order valence-electron chi connectivity index (χ3n) is 1.95. The maximum Gasteiger partial charge on any atom is 0.288 e. The van der Waals surface area contributed by atoms with Gasteiger partial charge < -0.3 is 4.55 Å². The van der Waals surface area contributed by atoms with Crippen molar-refractivity contribution in [3.63, 3.8) is 0 Å². The van der Waals surface area contributed by atoms with Gasteiger partial charge in [0.1, 0.15) is 4.90 Å². The zero-order chi connectivity index (χ0) is 12.4. The predicted octanol–water partition coefficient (Wildman–Crippen LogP) is 0.355. The Labute approximate surface area is 96.3 Å². The van der Waals surface area contributed by atoms with E-state index in [1.54, 1.807) is 0 Å². The molecule has 2 rings (SSSR count). The standard InChI is InChI=1S/C7H5N5O4S/c13-12(14)5-3-4(7-8-10-11-9-7)1-2-6(5)17(15)16/h1-3H,(H,15,16)(H,8,9,10,11). The summed E-state index contributed by atoms with van der Waals surface area (Å²) in [7, 11) is 0. The maximum absolute atomic E-state index is 10.9. The Morgan fingerprint density at radius 2 is 2.24 bits per heavy atom. The number of hydrogen-bond donors (Lipinski definition) is 2. The van der Waals surface area contributed by atoms with Gasteiger partial charge in [0.25, 0.3) is 5.69 Å². The lowest BCUT2D eigenvalue weighted by Gasteiger charge is -1.99. The minimum atomic E-state index is -2.42. The summed E-state index contributed by atoms with van der Waals surface area (Å²) in [6.07, 6.45) is 0. The summed E-state index contributed by atoms with van der Waals surface area (Å²) >= 11 is -2.42. The maximum atomic E-state index is 10.9. The number of nitrogens with one attached hydrogen (secondary N) is 1. The van der Waals surface area contributed by atoms with Crippen molar-refractivity contribution in [1.82, 2.24) is 20.6 Å². The Balaban J connectivity index is 2.57. The van der Waals surface area contributed by atoms with E-state index < -0.39 is 21.7 Å². The molecule has 1 aromatic carbocycles. The Bertz CT molecular complexity index is 584. The fourth-order valence-electron chi connectivity index (χ4n) is 1.23. The second kappa shape index (κ2) is 4.35. The number of hydrogen-bond acceptors (Lipinski definition) is 6. The van der Waals surface area contributed by atoms with Crippen molar-refractivity contribution < 1.29 is 13.7 Å². The largest absolute Gasteiger partial charge is 0.302 e. The minimum absolute atomic E-state index is 0.170. The zero-order valence-corrected chi connectivity index (χ0v) is 8.92. The van der Waals surface area contributed by atoms with Crippen LogP contribution in [0.1, 0.15) is 0 Å². The first-order valence-corrected chi connectivity index (χ1v) is 5.33. The van der Waals surface area contributed by atoms with E-state index in [4.69, 9.17) is 4.55 Å². The molecular weight excluding hydrogens is 250 g/mol. The number of aromatic nitrogens is 4. The lowest BCUT2D eigenvalue weighted by molar-refractivity contribution is -0.387. The van der Waals surface area contributed by atoms with Crippen LogP contribution in [0.15, 0.2) is 23.1 Å². The molecule has 0 saturated carbocycles. The molecule has 88 valence electrons. The lowest BCUT2D eigenvalue weighted by Crippen LogP contribution is -1.98. The molecule has 2 aromatic rings. The monoisotopic (exact) mass is 255 g/mol. The Hall–Kier alpha value is -2.20. The second-order valence-corrected chi connectivity index (χ2v) is 3.86. The average Bonchev–Trinajstić information content (AvgIpc) is 2.81. The van der Waals surface area contributed by atoms with Crippen LogP contribution < -0.4 is 0 Å². The number of rotatable bonds is 3. The molecule has 0 fully saturated rings. The van der Waals surface area contributed by atoms with E-state index in [-0.39, 0.29) is 10.7 Å². The van der Waals surface area contributed by atoms with E-state index in [0.29, 0.717) is 5.56 Å². The van der Waals surface area contributed by atoms with Gasteiger partial charge in [-0.3, -0.25) is 10.1 Å². The molecular formula is C7H5N5O4S. The molecule has 1 aromatic heterocycles. The Kier molecular flexibility index (Phi) is 2.89. The third-order valence-corrected chi connectivity index (χ3v) is 2.67. The van der Waals surface area contributed by atoms with Crippen LogP contribution in [0.2, 0.25) is 0 Å². The van der Waals surface area contributed by atoms with Gasteiger partial charge in [0.15, 0.2) is 11.1 Å². The number of aromatic amines is 1. The van der Waals surface area contributed by atoms with Gasteiger partial charge in [-0.1, -0.05) is 0 Å². The van der Waals surface area contributed by atoms with E-state index in [1.165, 1.54) is 12.1 Å². The molecule has 2 N–H and O–H groups in total. The van der Waals surface area contributed by atoms with Crippen molar-refractivity contribution in [1.29, 1.82) is 0 Å². The molecule has 1 atom stereocenters. The van der Waals surface area contributed by atoms with E-state index in [9.17, 15) is 14.3 Å². The van der Waals surface area contributed by atoms with Gasteiger partial charge in [0, 0.05) is 11.6 Å². The SMILES string of the molecule is O=[N+]([O-])c1cc(-c2nn[nH]n2)ccc1S(=O)O. The van der Waals surface area contributed by atoms with Crippen LogP contribution in [0.3, 0.4) is 0 Å². The van der Waals surface area contributed by atoms with Crippen LogP contribution in [0, 0.1) is 10.1 Å². The third kappa shape index (κ3) is 2.16. The summed E-state index contributed by atoms with van der Waals surface area (Å²) in [5.74, 6) is 0.170. The molecule has 0 spiro atoms. The first-order chi connectivity index (χ1) is 8.09. The highest BCUT2D eigenvalue weighted by Crippen LogP contribution is 2.26. The van der Waals surface area contributed by atoms with Crippen molar-refractivity contribution in [2.45, 2.75) is 4.90 Å². The van der Waals surface area contributed by atoms with Crippen LogP contribution in [-0.4, -0.2) is 34.3 Å². The quantitative estimate of drug-likeness (QED) is 0.459. The number of nitro benzene ring substituents is 1. The van der Waals surface area contributed by atoms with E-state index in [2.05, 4.69) is 20.6 Å². The zero-order valence-electron chi connectivity index (χ0n) is 8.10. The fourth-order valence-corrected chi connectivity index (χ4v) is 1.73. The first kappa shape index (κ1) is 11.3. The van der Waals surface area contributed by atoms with Gasteiger partial charge in [-0.15, -0.1) is 10.2 Å². The van der Waals surface area contributed by atoms with Crippen molar-refractivity contribution in [3.05, 3.63) is 28.3 Å². The molecule has 0 saturated heterocycles. The van der Waals surface area contributed by atoms with Crippen molar-refractivity contribution in [2.24, 2.45) is 0 Å². The number of H-pyrrole nitrogens is 1. The molecule has 1 unspecified atom stereocenters. The topological polar surface area (TPSA) is 135 Å². The van der Waals surface area contributed by atoms with Gasteiger partial charge in [-0.25, -0.2) is 4.21 Å². The minimum Gasteiger partial charge on any atom is -0.302 e. The summed E-state index contributed by atoms with van der Waals surface area (Å²) < 4.78 is 19.8. The van der Waals surface area contributed by atoms with E-state index in [1.807, 2.05) is 0 Å². The number of nitrogens with zero attached hydrogens (tertiary/aromatic N) is 4. The van der Waals surface area contributed by atoms with Crippen LogP contribution in [0.4, 0.5) is 5.69 Å². The van der Waals surface area contributed by atoms with Crippen molar-refractivity contribution in [3.8, 4) is 11.4 Å². The van der Waals surface area contributed by atoms with Crippen molar-refractivity contribution >= 4 is 16.8 Å². The van der Waals surface area contributed by atoms with Gasteiger partial charge in [-0.2, -0.15) is 5.21 Å². The molecule has 0 aliphatic rings. The van der Waals surface area contributed by atoms with Crippen LogP contribution in [0.5, 0.6) is 0 Å². The molecule has 10 heteroatoms.